The van der Waals surface area contributed by atoms with Crippen LogP contribution in [0.25, 0.3) is 0 Å². The maximum absolute atomic E-state index is 11.4. The summed E-state index contributed by atoms with van der Waals surface area (Å²) in [5.41, 5.74) is 0. The third-order valence-electron chi connectivity index (χ3n) is 4.00. The number of carboxylic acid groups (broad SMARTS) is 1. The highest BCUT2D eigenvalue weighted by atomic mass is 32.2. The smallest absolute Gasteiger partial charge is 0.325 e. The lowest BCUT2D eigenvalue weighted by molar-refractivity contribution is -0.147. The van der Waals surface area contributed by atoms with E-state index in [0.717, 1.165) is 19.3 Å². The van der Waals surface area contributed by atoms with Crippen LogP contribution in [0.3, 0.4) is 0 Å². The van der Waals surface area contributed by atoms with Crippen molar-refractivity contribution in [2.75, 3.05) is 6.61 Å². The fraction of sp³-hybridized carbons (Fsp3) is 0.882. The molecule has 0 bridgehead atoms. The summed E-state index contributed by atoms with van der Waals surface area (Å²) in [6.45, 7) is 2.34. The van der Waals surface area contributed by atoms with E-state index in [1.807, 2.05) is 0 Å². The van der Waals surface area contributed by atoms with E-state index in [1.54, 1.807) is 0 Å². The second kappa shape index (κ2) is 14.1. The molecule has 0 aliphatic rings. The highest BCUT2D eigenvalue weighted by Crippen LogP contribution is 2.11. The summed E-state index contributed by atoms with van der Waals surface area (Å²) in [5, 5.41) is 6.51. The Bertz CT molecular complexity index is 473. The van der Waals surface area contributed by atoms with Crippen LogP contribution in [0.1, 0.15) is 84.0 Å². The molecule has 1 atom stereocenters. The Morgan fingerprint density at radius 2 is 1.32 bits per heavy atom. The number of ether oxygens (including phenoxy) is 1. The quantitative estimate of drug-likeness (QED) is 0.239. The van der Waals surface area contributed by atoms with Crippen LogP contribution in [0.15, 0.2) is 0 Å². The Balaban J connectivity index is 3.59. The fourth-order valence-electron chi connectivity index (χ4n) is 2.48. The molecule has 1 unspecified atom stereocenters. The molecule has 0 aliphatic heterocycles. The lowest BCUT2D eigenvalue weighted by Crippen LogP contribution is -2.32. The van der Waals surface area contributed by atoms with Crippen LogP contribution in [-0.4, -0.2) is 41.9 Å². The molecule has 0 spiro atoms. The van der Waals surface area contributed by atoms with Gasteiger partial charge in [-0.1, -0.05) is 71.1 Å². The average Bonchev–Trinajstić information content (AvgIpc) is 2.52. The van der Waals surface area contributed by atoms with E-state index in [9.17, 15) is 18.0 Å². The maximum atomic E-state index is 11.4. The number of unbranched alkanes of at least 4 members (excludes halogenated alkanes) is 10. The van der Waals surface area contributed by atoms with Crippen molar-refractivity contribution in [1.82, 2.24) is 0 Å². The van der Waals surface area contributed by atoms with Crippen LogP contribution < -0.4 is 0 Å². The van der Waals surface area contributed by atoms with Gasteiger partial charge in [0, 0.05) is 0 Å². The van der Waals surface area contributed by atoms with Crippen LogP contribution >= 0.6 is 0 Å². The highest BCUT2D eigenvalue weighted by Gasteiger charge is 2.33. The van der Waals surface area contributed by atoms with Gasteiger partial charge in [-0.25, -0.2) is 0 Å². The first-order valence-electron chi connectivity index (χ1n) is 9.13. The Kier molecular flexibility index (Phi) is 13.4. The zero-order chi connectivity index (χ0) is 19.1. The standard InChI is InChI=1S/C17H32O7S/c1-2-3-4-5-6-7-8-9-10-11-12-13-24-16(18)14-15(17(19)20)25(21,22)23/h15H,2-14H2,1H3,(H,19,20)(H,21,22,23). The van der Waals surface area contributed by atoms with E-state index in [1.165, 1.54) is 44.9 Å². The number of carbonyl (C=O) groups is 2. The van der Waals surface area contributed by atoms with Gasteiger partial charge in [-0.3, -0.25) is 14.1 Å². The van der Waals surface area contributed by atoms with Crippen molar-refractivity contribution in [2.24, 2.45) is 0 Å². The molecule has 25 heavy (non-hydrogen) atoms. The SMILES string of the molecule is CCCCCCCCCCCCCOC(=O)CC(C(=O)O)S(=O)(=O)O. The molecule has 7 nitrogen and oxygen atoms in total. The predicted octanol–water partition coefficient (Wildman–Crippen LogP) is 3.57. The number of rotatable bonds is 16. The molecule has 8 heteroatoms. The summed E-state index contributed by atoms with van der Waals surface area (Å²) in [5.74, 6) is -2.70. The number of esters is 1. The fourth-order valence-corrected chi connectivity index (χ4v) is 3.08. The first kappa shape index (κ1) is 23.9. The second-order valence-electron chi connectivity index (χ2n) is 6.30. The Morgan fingerprint density at radius 1 is 0.880 bits per heavy atom. The molecular formula is C17H32O7S. The minimum absolute atomic E-state index is 0.133. The zero-order valence-electron chi connectivity index (χ0n) is 15.1. The second-order valence-corrected chi connectivity index (χ2v) is 7.90. The van der Waals surface area contributed by atoms with Gasteiger partial charge in [0.15, 0.2) is 5.25 Å². The number of carbonyl (C=O) groups excluding carboxylic acids is 1. The monoisotopic (exact) mass is 380 g/mol. The molecule has 0 aliphatic carbocycles. The van der Waals surface area contributed by atoms with Gasteiger partial charge in [0.2, 0.25) is 0 Å². The summed E-state index contributed by atoms with van der Waals surface area (Å²) in [6.07, 6.45) is 11.8. The topological polar surface area (TPSA) is 118 Å². The van der Waals surface area contributed by atoms with Gasteiger partial charge in [-0.15, -0.1) is 0 Å². The van der Waals surface area contributed by atoms with E-state index in [4.69, 9.17) is 14.4 Å². The zero-order valence-corrected chi connectivity index (χ0v) is 15.9. The Morgan fingerprint density at radius 3 is 1.72 bits per heavy atom. The summed E-state index contributed by atoms with van der Waals surface area (Å²) in [7, 11) is -4.82. The number of aliphatic carboxylic acids is 1. The normalized spacial score (nSPS) is 12.7. The molecule has 0 rings (SSSR count). The van der Waals surface area contributed by atoms with Gasteiger partial charge in [0.1, 0.15) is 0 Å². The molecule has 2 N–H and O–H groups in total. The van der Waals surface area contributed by atoms with Gasteiger partial charge < -0.3 is 9.84 Å². The van der Waals surface area contributed by atoms with Crippen LogP contribution in [0.5, 0.6) is 0 Å². The molecule has 0 aromatic carbocycles. The molecule has 0 amide bonds. The molecule has 0 radical (unpaired) electrons. The first-order chi connectivity index (χ1) is 11.8. The third kappa shape index (κ3) is 13.8. The van der Waals surface area contributed by atoms with Crippen LogP contribution in [0, 0.1) is 0 Å². The van der Waals surface area contributed by atoms with Crippen LogP contribution in [0.2, 0.25) is 0 Å². The first-order valence-corrected chi connectivity index (χ1v) is 10.6. The summed E-state index contributed by atoms with van der Waals surface area (Å²) < 4.78 is 35.3. The molecule has 0 saturated heterocycles. The molecule has 0 aromatic rings. The number of carboxylic acids is 1. The van der Waals surface area contributed by atoms with E-state index in [2.05, 4.69) is 6.92 Å². The summed E-state index contributed by atoms with van der Waals surface area (Å²) >= 11 is 0. The van der Waals surface area contributed by atoms with Gasteiger partial charge in [0.05, 0.1) is 13.0 Å². The molecule has 148 valence electrons. The Labute approximate surface area is 150 Å². The van der Waals surface area contributed by atoms with Crippen molar-refractivity contribution in [2.45, 2.75) is 89.2 Å². The molecule has 0 fully saturated rings. The van der Waals surface area contributed by atoms with Crippen molar-refractivity contribution in [3.63, 3.8) is 0 Å². The summed E-state index contributed by atoms with van der Waals surface area (Å²) in [6, 6.07) is 0. The van der Waals surface area contributed by atoms with Crippen molar-refractivity contribution in [1.29, 1.82) is 0 Å². The maximum Gasteiger partial charge on any atom is 0.325 e. The molecule has 0 aromatic heterocycles. The van der Waals surface area contributed by atoms with E-state index in [-0.39, 0.29) is 6.61 Å². The van der Waals surface area contributed by atoms with Crippen molar-refractivity contribution < 1.29 is 32.4 Å². The van der Waals surface area contributed by atoms with Gasteiger partial charge >= 0.3 is 11.9 Å². The van der Waals surface area contributed by atoms with E-state index in [0.29, 0.717) is 6.42 Å². The van der Waals surface area contributed by atoms with Crippen molar-refractivity contribution in [3.8, 4) is 0 Å². The third-order valence-corrected chi connectivity index (χ3v) is 5.09. The largest absolute Gasteiger partial charge is 0.480 e. The Hall–Kier alpha value is -1.15. The minimum atomic E-state index is -4.82. The van der Waals surface area contributed by atoms with Crippen molar-refractivity contribution in [3.05, 3.63) is 0 Å². The van der Waals surface area contributed by atoms with E-state index < -0.39 is 33.7 Å². The molecule has 0 saturated carbocycles. The summed E-state index contributed by atoms with van der Waals surface area (Å²) in [4.78, 5) is 22.1. The van der Waals surface area contributed by atoms with Gasteiger partial charge in [0.25, 0.3) is 10.1 Å². The van der Waals surface area contributed by atoms with Gasteiger partial charge in [-0.2, -0.15) is 8.42 Å². The lowest BCUT2D eigenvalue weighted by atomic mass is 10.1. The highest BCUT2D eigenvalue weighted by molar-refractivity contribution is 7.87. The molecule has 0 heterocycles. The minimum Gasteiger partial charge on any atom is -0.480 e. The number of hydrogen-bond donors (Lipinski definition) is 2. The van der Waals surface area contributed by atoms with E-state index >= 15 is 0 Å². The number of hydrogen-bond acceptors (Lipinski definition) is 5. The lowest BCUT2D eigenvalue weighted by Gasteiger charge is -2.09. The molecular weight excluding hydrogens is 348 g/mol. The average molecular weight is 381 g/mol. The van der Waals surface area contributed by atoms with Crippen LogP contribution in [-0.2, 0) is 24.4 Å². The van der Waals surface area contributed by atoms with Crippen molar-refractivity contribution >= 4 is 22.1 Å². The predicted molar refractivity (Wildman–Crippen MR) is 95.0 cm³/mol. The van der Waals surface area contributed by atoms with Crippen LogP contribution in [0.4, 0.5) is 0 Å². The van der Waals surface area contributed by atoms with Gasteiger partial charge in [-0.05, 0) is 6.42 Å².